The summed E-state index contributed by atoms with van der Waals surface area (Å²) in [4.78, 5) is 18.4. The van der Waals surface area contributed by atoms with E-state index in [1.165, 1.54) is 13.2 Å². The summed E-state index contributed by atoms with van der Waals surface area (Å²) in [5.41, 5.74) is 4.33. The topological polar surface area (TPSA) is 85.5 Å². The summed E-state index contributed by atoms with van der Waals surface area (Å²) in [6.45, 7) is 6.96. The standard InChI is InChI=1S/C25H29N5O3S/c1-5-6-13-28-24(23(27-25(28)34)20-9-7-8-12-26-20)19-14-16(2)29(17(19)3)21-11-10-18(33-4)15-22(21)30(31)32/h7-12,14-15,23-24H,5-6,13H2,1-4H3,(H,27,34)/t23-,24+/m0/s1. The van der Waals surface area contributed by atoms with Crippen LogP contribution in [-0.2, 0) is 0 Å². The Morgan fingerprint density at radius 2 is 2.03 bits per heavy atom. The van der Waals surface area contributed by atoms with Crippen LogP contribution in [0.4, 0.5) is 5.69 Å². The Labute approximate surface area is 204 Å². The minimum atomic E-state index is -0.368. The van der Waals surface area contributed by atoms with Gasteiger partial charge in [-0.05, 0) is 68.4 Å². The number of nitro benzene ring substituents is 1. The normalized spacial score (nSPS) is 17.6. The Hall–Kier alpha value is -3.46. The molecule has 1 aliphatic heterocycles. The van der Waals surface area contributed by atoms with Crippen molar-refractivity contribution in [1.82, 2.24) is 19.8 Å². The lowest BCUT2D eigenvalue weighted by molar-refractivity contribution is -0.384. The number of hydrogen-bond donors (Lipinski definition) is 1. The molecule has 178 valence electrons. The lowest BCUT2D eigenvalue weighted by Gasteiger charge is -2.28. The molecule has 3 aromatic rings. The van der Waals surface area contributed by atoms with Crippen LogP contribution in [0.1, 0.15) is 54.5 Å². The van der Waals surface area contributed by atoms with Gasteiger partial charge in [0.25, 0.3) is 5.69 Å². The van der Waals surface area contributed by atoms with E-state index in [9.17, 15) is 10.1 Å². The highest BCUT2D eigenvalue weighted by molar-refractivity contribution is 7.80. The highest BCUT2D eigenvalue weighted by Gasteiger charge is 2.41. The number of rotatable bonds is 8. The van der Waals surface area contributed by atoms with Gasteiger partial charge in [-0.1, -0.05) is 19.4 Å². The van der Waals surface area contributed by atoms with Crippen LogP contribution in [0.3, 0.4) is 0 Å². The molecule has 2 atom stereocenters. The van der Waals surface area contributed by atoms with Gasteiger partial charge < -0.3 is 19.5 Å². The Kier molecular flexibility index (Phi) is 6.83. The van der Waals surface area contributed by atoms with Crippen molar-refractivity contribution in [2.24, 2.45) is 0 Å². The van der Waals surface area contributed by atoms with Gasteiger partial charge in [-0.15, -0.1) is 0 Å². The molecule has 0 spiro atoms. The minimum absolute atomic E-state index is 0.00289. The molecule has 1 saturated heterocycles. The molecule has 0 saturated carbocycles. The van der Waals surface area contributed by atoms with Crippen LogP contribution in [0.25, 0.3) is 5.69 Å². The van der Waals surface area contributed by atoms with E-state index in [0.29, 0.717) is 16.5 Å². The summed E-state index contributed by atoms with van der Waals surface area (Å²) in [6, 6.07) is 12.7. The second kappa shape index (κ2) is 9.80. The van der Waals surface area contributed by atoms with E-state index in [1.807, 2.05) is 36.6 Å². The van der Waals surface area contributed by atoms with Crippen molar-refractivity contribution in [2.75, 3.05) is 13.7 Å². The first-order valence-corrected chi connectivity index (χ1v) is 11.8. The van der Waals surface area contributed by atoms with Gasteiger partial charge in [-0.3, -0.25) is 15.1 Å². The molecule has 3 heterocycles. The third-order valence-electron chi connectivity index (χ3n) is 6.36. The number of nitrogens with one attached hydrogen (secondary N) is 1. The highest BCUT2D eigenvalue weighted by Crippen LogP contribution is 2.42. The van der Waals surface area contributed by atoms with Gasteiger partial charge >= 0.3 is 0 Å². The molecular weight excluding hydrogens is 450 g/mol. The van der Waals surface area contributed by atoms with E-state index in [4.69, 9.17) is 17.0 Å². The first-order valence-electron chi connectivity index (χ1n) is 11.4. The van der Waals surface area contributed by atoms with E-state index >= 15 is 0 Å². The van der Waals surface area contributed by atoms with Crippen molar-refractivity contribution in [3.8, 4) is 11.4 Å². The molecule has 9 heteroatoms. The Morgan fingerprint density at radius 3 is 2.68 bits per heavy atom. The molecule has 2 aromatic heterocycles. The summed E-state index contributed by atoms with van der Waals surface area (Å²) in [7, 11) is 1.50. The monoisotopic (exact) mass is 479 g/mol. The number of pyridine rings is 1. The summed E-state index contributed by atoms with van der Waals surface area (Å²) in [5, 5.41) is 16.1. The second-order valence-electron chi connectivity index (χ2n) is 8.45. The number of aryl methyl sites for hydroxylation is 1. The van der Waals surface area contributed by atoms with E-state index in [-0.39, 0.29) is 22.7 Å². The fourth-order valence-corrected chi connectivity index (χ4v) is 5.07. The van der Waals surface area contributed by atoms with E-state index in [2.05, 4.69) is 28.2 Å². The van der Waals surface area contributed by atoms with Crippen LogP contribution < -0.4 is 10.1 Å². The van der Waals surface area contributed by atoms with E-state index in [1.54, 1.807) is 18.3 Å². The van der Waals surface area contributed by atoms with Gasteiger partial charge in [-0.25, -0.2) is 0 Å². The second-order valence-corrected chi connectivity index (χ2v) is 8.83. The number of aromatic nitrogens is 2. The van der Waals surface area contributed by atoms with Gasteiger partial charge in [0.1, 0.15) is 11.4 Å². The van der Waals surface area contributed by atoms with Gasteiger partial charge in [0, 0.05) is 24.1 Å². The molecule has 0 unspecified atom stereocenters. The number of hydrogen-bond acceptors (Lipinski definition) is 5. The third-order valence-corrected chi connectivity index (χ3v) is 6.71. The van der Waals surface area contributed by atoms with E-state index < -0.39 is 0 Å². The zero-order valence-corrected chi connectivity index (χ0v) is 20.6. The van der Waals surface area contributed by atoms with Crippen LogP contribution in [0.2, 0.25) is 0 Å². The molecule has 0 aliphatic carbocycles. The summed E-state index contributed by atoms with van der Waals surface area (Å²) in [5.74, 6) is 0.449. The Balaban J connectivity index is 1.86. The van der Waals surface area contributed by atoms with Gasteiger partial charge in [-0.2, -0.15) is 0 Å². The average Bonchev–Trinajstić information content (AvgIpc) is 3.32. The number of unbranched alkanes of at least 4 members (excludes halogenated alkanes) is 1. The molecule has 0 amide bonds. The molecule has 8 nitrogen and oxygen atoms in total. The Bertz CT molecular complexity index is 1210. The van der Waals surface area contributed by atoms with Gasteiger partial charge in [0.05, 0.1) is 35.9 Å². The number of nitro groups is 1. The maximum atomic E-state index is 11.9. The third kappa shape index (κ3) is 4.23. The number of thiocarbonyl (C=S) groups is 1. The highest BCUT2D eigenvalue weighted by atomic mass is 32.1. The first kappa shape index (κ1) is 23.7. The van der Waals surface area contributed by atoms with Crippen molar-refractivity contribution in [3.05, 3.63) is 81.4 Å². The molecular formula is C25H29N5O3S. The number of methoxy groups -OCH3 is 1. The van der Waals surface area contributed by atoms with Gasteiger partial charge in [0.15, 0.2) is 5.11 Å². The zero-order chi connectivity index (χ0) is 24.4. The average molecular weight is 480 g/mol. The van der Waals surface area contributed by atoms with Crippen LogP contribution in [-0.4, -0.2) is 38.1 Å². The molecule has 1 N–H and O–H groups in total. The minimum Gasteiger partial charge on any atom is -0.496 e. The summed E-state index contributed by atoms with van der Waals surface area (Å²) in [6.07, 6.45) is 3.85. The molecule has 0 bridgehead atoms. The van der Waals surface area contributed by atoms with Crippen molar-refractivity contribution < 1.29 is 9.66 Å². The fourth-order valence-electron chi connectivity index (χ4n) is 4.74. The molecule has 34 heavy (non-hydrogen) atoms. The maximum absolute atomic E-state index is 11.9. The largest absolute Gasteiger partial charge is 0.496 e. The van der Waals surface area contributed by atoms with Crippen molar-refractivity contribution >= 4 is 23.0 Å². The lowest BCUT2D eigenvalue weighted by Crippen LogP contribution is -2.30. The number of nitrogens with zero attached hydrogens (tertiary/aromatic N) is 4. The number of ether oxygens (including phenoxy) is 1. The smallest absolute Gasteiger partial charge is 0.296 e. The Morgan fingerprint density at radius 1 is 1.24 bits per heavy atom. The molecule has 1 fully saturated rings. The predicted octanol–water partition coefficient (Wildman–Crippen LogP) is 5.18. The maximum Gasteiger partial charge on any atom is 0.296 e. The molecule has 0 radical (unpaired) electrons. The predicted molar refractivity (Wildman–Crippen MR) is 136 cm³/mol. The van der Waals surface area contributed by atoms with E-state index in [0.717, 1.165) is 42.0 Å². The first-order chi connectivity index (χ1) is 16.4. The quantitative estimate of drug-likeness (QED) is 0.271. The zero-order valence-electron chi connectivity index (χ0n) is 19.8. The van der Waals surface area contributed by atoms with Gasteiger partial charge in [0.2, 0.25) is 0 Å². The summed E-state index contributed by atoms with van der Waals surface area (Å²) >= 11 is 5.74. The van der Waals surface area contributed by atoms with Crippen LogP contribution >= 0.6 is 12.2 Å². The van der Waals surface area contributed by atoms with Crippen LogP contribution in [0.5, 0.6) is 5.75 Å². The lowest BCUT2D eigenvalue weighted by atomic mass is 9.96. The number of benzene rings is 1. The van der Waals surface area contributed by atoms with Crippen molar-refractivity contribution in [3.63, 3.8) is 0 Å². The van der Waals surface area contributed by atoms with Crippen LogP contribution in [0, 0.1) is 24.0 Å². The van der Waals surface area contributed by atoms with Crippen LogP contribution in [0.15, 0.2) is 48.7 Å². The molecule has 1 aromatic carbocycles. The fraction of sp³-hybridized carbons (Fsp3) is 0.360. The summed E-state index contributed by atoms with van der Waals surface area (Å²) < 4.78 is 7.17. The molecule has 1 aliphatic rings. The van der Waals surface area contributed by atoms with Crippen molar-refractivity contribution in [2.45, 2.75) is 45.7 Å². The SMILES string of the molecule is CCCCN1C(=S)N[C@@H](c2ccccn2)[C@H]1c1cc(C)n(-c2ccc(OC)cc2[N+](=O)[O-])c1C. The van der Waals surface area contributed by atoms with Crippen molar-refractivity contribution in [1.29, 1.82) is 0 Å². The molecule has 4 rings (SSSR count).